The van der Waals surface area contributed by atoms with E-state index in [1.807, 2.05) is 0 Å². The standard InChI is InChI=1S/C25H27F9N4O2/c1-22(27,28)11-35-20(39)14(10-25(32,33)34)13-2-3-15-18(16(13)26)37-19(36-15)17(38-21(40)23(29)8-9-23)12-4-6-24(30,31)7-5-12/h2-3,12,14,17H,4-11H2,1H3,(H,35,39)(H,36,37)(H,38,40)/t14-,17?/m0/s1. The molecular formula is C25H27F9N4O2. The number of alkyl halides is 8. The lowest BCUT2D eigenvalue weighted by molar-refractivity contribution is -0.148. The van der Waals surface area contributed by atoms with E-state index in [-0.39, 0.29) is 37.0 Å². The van der Waals surface area contributed by atoms with Crippen LogP contribution in [0.2, 0.25) is 0 Å². The molecule has 40 heavy (non-hydrogen) atoms. The number of H-pyrrole nitrogens is 1. The molecule has 0 bridgehead atoms. The Kier molecular flexibility index (Phi) is 7.82. The Bertz CT molecular complexity index is 1260. The molecule has 0 saturated heterocycles. The van der Waals surface area contributed by atoms with Crippen molar-refractivity contribution in [2.45, 2.75) is 87.5 Å². The number of nitrogens with one attached hydrogen (secondary N) is 3. The van der Waals surface area contributed by atoms with E-state index in [1.165, 1.54) is 0 Å². The molecule has 2 atom stereocenters. The summed E-state index contributed by atoms with van der Waals surface area (Å²) in [7, 11) is 0. The van der Waals surface area contributed by atoms with E-state index >= 15 is 4.39 Å². The van der Waals surface area contributed by atoms with Crippen LogP contribution in [-0.4, -0.2) is 52.0 Å². The van der Waals surface area contributed by atoms with Crippen molar-refractivity contribution in [2.75, 3.05) is 6.54 Å². The van der Waals surface area contributed by atoms with Crippen LogP contribution >= 0.6 is 0 Å². The molecule has 1 unspecified atom stereocenters. The smallest absolute Gasteiger partial charge is 0.350 e. The molecule has 4 rings (SSSR count). The monoisotopic (exact) mass is 586 g/mol. The first-order valence-electron chi connectivity index (χ1n) is 12.7. The fraction of sp³-hybridized carbons (Fsp3) is 0.640. The van der Waals surface area contributed by atoms with Gasteiger partial charge in [0.15, 0.2) is 11.5 Å². The third-order valence-corrected chi connectivity index (χ3v) is 7.25. The maximum Gasteiger partial charge on any atom is 0.390 e. The Morgan fingerprint density at radius 1 is 1.07 bits per heavy atom. The second kappa shape index (κ2) is 10.4. The van der Waals surface area contributed by atoms with E-state index in [1.54, 1.807) is 5.32 Å². The van der Waals surface area contributed by atoms with Crippen molar-refractivity contribution < 1.29 is 49.1 Å². The molecule has 2 amide bonds. The maximum absolute atomic E-state index is 15.6. The van der Waals surface area contributed by atoms with Gasteiger partial charge in [-0.15, -0.1) is 0 Å². The number of hydrogen-bond acceptors (Lipinski definition) is 3. The average molecular weight is 586 g/mol. The largest absolute Gasteiger partial charge is 0.390 e. The number of imidazole rings is 1. The van der Waals surface area contributed by atoms with E-state index < -0.39 is 96.1 Å². The molecule has 222 valence electrons. The van der Waals surface area contributed by atoms with Crippen molar-refractivity contribution in [3.63, 3.8) is 0 Å². The molecule has 6 nitrogen and oxygen atoms in total. The Morgan fingerprint density at radius 3 is 2.25 bits per heavy atom. The zero-order valence-corrected chi connectivity index (χ0v) is 21.2. The van der Waals surface area contributed by atoms with Crippen molar-refractivity contribution in [3.05, 3.63) is 29.3 Å². The quantitative estimate of drug-likeness (QED) is 0.316. The third kappa shape index (κ3) is 7.00. The molecular weight excluding hydrogens is 559 g/mol. The average Bonchev–Trinajstić information content (AvgIpc) is 3.44. The van der Waals surface area contributed by atoms with Gasteiger partial charge in [-0.1, -0.05) is 6.07 Å². The van der Waals surface area contributed by atoms with Crippen LogP contribution in [0.5, 0.6) is 0 Å². The first kappa shape index (κ1) is 30.0. The number of aromatic amines is 1. The van der Waals surface area contributed by atoms with Gasteiger partial charge in [-0.3, -0.25) is 9.59 Å². The number of carbonyl (C=O) groups is 2. The molecule has 2 fully saturated rings. The van der Waals surface area contributed by atoms with Crippen molar-refractivity contribution in [2.24, 2.45) is 5.92 Å². The minimum absolute atomic E-state index is 0.0287. The number of nitrogens with zero attached hydrogens (tertiary/aromatic N) is 1. The minimum atomic E-state index is -4.96. The number of hydrogen-bond donors (Lipinski definition) is 3. The van der Waals surface area contributed by atoms with E-state index in [0.29, 0.717) is 6.92 Å². The maximum atomic E-state index is 15.6. The van der Waals surface area contributed by atoms with Gasteiger partial charge in [0, 0.05) is 25.3 Å². The summed E-state index contributed by atoms with van der Waals surface area (Å²) in [6.07, 6.45) is -8.02. The van der Waals surface area contributed by atoms with Gasteiger partial charge in [0.1, 0.15) is 11.3 Å². The fourth-order valence-corrected chi connectivity index (χ4v) is 4.85. The zero-order valence-electron chi connectivity index (χ0n) is 21.2. The number of fused-ring (bicyclic) bond motifs is 1. The molecule has 1 heterocycles. The van der Waals surface area contributed by atoms with Crippen LogP contribution in [0.25, 0.3) is 11.0 Å². The van der Waals surface area contributed by atoms with Crippen LogP contribution < -0.4 is 10.6 Å². The number of carbonyl (C=O) groups excluding carboxylic acids is 2. The first-order chi connectivity index (χ1) is 18.4. The topological polar surface area (TPSA) is 86.9 Å². The van der Waals surface area contributed by atoms with E-state index in [2.05, 4.69) is 15.3 Å². The van der Waals surface area contributed by atoms with Crippen molar-refractivity contribution in [3.8, 4) is 0 Å². The Balaban J connectivity index is 1.69. The lowest BCUT2D eigenvalue weighted by Crippen LogP contribution is -2.41. The van der Waals surface area contributed by atoms with Crippen LogP contribution in [-0.2, 0) is 9.59 Å². The first-order valence-corrected chi connectivity index (χ1v) is 12.7. The Hall–Kier alpha value is -3.00. The number of amides is 2. The summed E-state index contributed by atoms with van der Waals surface area (Å²) in [4.78, 5) is 31.8. The summed E-state index contributed by atoms with van der Waals surface area (Å²) in [5, 5.41) is 4.18. The SMILES string of the molecule is CC(F)(F)CNC(=O)[C@@H](CC(F)(F)F)c1ccc2[nH]c(C(NC(=O)C3(F)CC3)C3CCC(F)(F)CC3)nc2c1F. The summed E-state index contributed by atoms with van der Waals surface area (Å²) in [5.41, 5.74) is -3.44. The minimum Gasteiger partial charge on any atom is -0.350 e. The van der Waals surface area contributed by atoms with Crippen LogP contribution in [0, 0.1) is 11.7 Å². The van der Waals surface area contributed by atoms with Crippen molar-refractivity contribution >= 4 is 22.8 Å². The van der Waals surface area contributed by atoms with Gasteiger partial charge in [0.25, 0.3) is 11.8 Å². The molecule has 2 aliphatic rings. The highest BCUT2D eigenvalue weighted by Crippen LogP contribution is 2.44. The van der Waals surface area contributed by atoms with Gasteiger partial charge in [-0.05, 0) is 37.7 Å². The number of aromatic nitrogens is 2. The highest BCUT2D eigenvalue weighted by Gasteiger charge is 2.52. The van der Waals surface area contributed by atoms with Gasteiger partial charge in [-0.25, -0.2) is 31.3 Å². The van der Waals surface area contributed by atoms with Gasteiger partial charge in [0.2, 0.25) is 11.8 Å². The predicted molar refractivity (Wildman–Crippen MR) is 124 cm³/mol. The van der Waals surface area contributed by atoms with Gasteiger partial charge in [-0.2, -0.15) is 13.2 Å². The summed E-state index contributed by atoms with van der Waals surface area (Å²) in [5.74, 6) is -13.1. The third-order valence-electron chi connectivity index (χ3n) is 7.25. The predicted octanol–water partition coefficient (Wildman–Crippen LogP) is 5.99. The van der Waals surface area contributed by atoms with Crippen LogP contribution in [0.3, 0.4) is 0 Å². The molecule has 0 aliphatic heterocycles. The van der Waals surface area contributed by atoms with Crippen LogP contribution in [0.15, 0.2) is 12.1 Å². The molecule has 1 aromatic carbocycles. The van der Waals surface area contributed by atoms with Crippen LogP contribution in [0.1, 0.15) is 75.2 Å². The van der Waals surface area contributed by atoms with Gasteiger partial charge >= 0.3 is 6.18 Å². The lowest BCUT2D eigenvalue weighted by Gasteiger charge is -2.33. The highest BCUT2D eigenvalue weighted by atomic mass is 19.4. The molecule has 3 N–H and O–H groups in total. The molecule has 15 heteroatoms. The summed E-state index contributed by atoms with van der Waals surface area (Å²) in [6.45, 7) is -0.824. The van der Waals surface area contributed by atoms with E-state index in [0.717, 1.165) is 12.1 Å². The van der Waals surface area contributed by atoms with Crippen molar-refractivity contribution in [1.29, 1.82) is 0 Å². The molecule has 0 spiro atoms. The number of halogens is 9. The molecule has 1 aromatic heterocycles. The molecule has 0 radical (unpaired) electrons. The summed E-state index contributed by atoms with van der Waals surface area (Å²) >= 11 is 0. The lowest BCUT2D eigenvalue weighted by atomic mass is 9.81. The van der Waals surface area contributed by atoms with E-state index in [4.69, 9.17) is 0 Å². The highest BCUT2D eigenvalue weighted by molar-refractivity contribution is 5.88. The van der Waals surface area contributed by atoms with E-state index in [9.17, 15) is 44.7 Å². The number of rotatable bonds is 9. The van der Waals surface area contributed by atoms with Crippen molar-refractivity contribution in [1.82, 2.24) is 20.6 Å². The van der Waals surface area contributed by atoms with Crippen LogP contribution in [0.4, 0.5) is 39.5 Å². The Labute approximate surface area is 222 Å². The summed E-state index contributed by atoms with van der Waals surface area (Å²) in [6, 6.07) is 0.879. The molecule has 2 aliphatic carbocycles. The van der Waals surface area contributed by atoms with Gasteiger partial charge < -0.3 is 15.6 Å². The molecule has 2 aromatic rings. The fourth-order valence-electron chi connectivity index (χ4n) is 4.85. The second-order valence-electron chi connectivity index (χ2n) is 10.8. The molecule has 2 saturated carbocycles. The Morgan fingerprint density at radius 2 is 1.70 bits per heavy atom. The zero-order chi connectivity index (χ0) is 29.7. The number of benzene rings is 1. The normalized spacial score (nSPS) is 20.6. The van der Waals surface area contributed by atoms with Gasteiger partial charge in [0.05, 0.1) is 30.4 Å². The summed E-state index contributed by atoms with van der Waals surface area (Å²) < 4.78 is 124. The second-order valence-corrected chi connectivity index (χ2v) is 10.8.